The molecule has 0 saturated heterocycles. The Bertz CT molecular complexity index is 1040. The molecule has 0 unspecified atom stereocenters. The van der Waals surface area contributed by atoms with Gasteiger partial charge in [0.25, 0.3) is 0 Å². The second-order valence-electron chi connectivity index (χ2n) is 5.10. The fourth-order valence-corrected chi connectivity index (χ4v) is 3.71. The van der Waals surface area contributed by atoms with Crippen molar-refractivity contribution in [3.05, 3.63) is 53.5 Å². The number of nitriles is 1. The van der Waals surface area contributed by atoms with Gasteiger partial charge >= 0.3 is 0 Å². The minimum Gasteiger partial charge on any atom is -0.338 e. The molecule has 2 N–H and O–H groups in total. The molecular weight excluding hydrogens is 338 g/mol. The molecule has 118 valence electrons. The molecule has 4 rings (SSSR count). The summed E-state index contributed by atoms with van der Waals surface area (Å²) in [7, 11) is 0. The molecule has 3 heterocycles. The van der Waals surface area contributed by atoms with Gasteiger partial charge in [-0.25, -0.2) is 9.50 Å². The van der Waals surface area contributed by atoms with Crippen molar-refractivity contribution in [1.82, 2.24) is 14.6 Å². The summed E-state index contributed by atoms with van der Waals surface area (Å²) in [5.41, 5.74) is 2.97. The number of imidazole rings is 1. The van der Waals surface area contributed by atoms with E-state index in [4.69, 9.17) is 0 Å². The molecule has 0 fully saturated rings. The molecule has 7 heteroatoms. The van der Waals surface area contributed by atoms with Gasteiger partial charge in [0.2, 0.25) is 0 Å². The number of H-pyrrole nitrogens is 1. The van der Waals surface area contributed by atoms with Gasteiger partial charge in [-0.2, -0.15) is 5.26 Å². The van der Waals surface area contributed by atoms with E-state index in [1.165, 1.54) is 4.90 Å². The van der Waals surface area contributed by atoms with E-state index < -0.39 is 0 Å². The van der Waals surface area contributed by atoms with Crippen LogP contribution >= 0.6 is 23.1 Å². The van der Waals surface area contributed by atoms with Crippen LogP contribution < -0.4 is 5.32 Å². The predicted molar refractivity (Wildman–Crippen MR) is 99.1 cm³/mol. The second kappa shape index (κ2) is 6.07. The number of aromatic amines is 1. The van der Waals surface area contributed by atoms with E-state index in [0.717, 1.165) is 22.1 Å². The third-order valence-corrected chi connectivity index (χ3v) is 5.27. The number of hydrogen-bond acceptors (Lipinski definition) is 5. The first-order valence-electron chi connectivity index (χ1n) is 7.25. The van der Waals surface area contributed by atoms with Crippen molar-refractivity contribution in [2.45, 2.75) is 4.90 Å². The number of benzene rings is 1. The minimum atomic E-state index is 0.527. The number of nitrogens with zero attached hydrogens (tertiary/aromatic N) is 3. The van der Waals surface area contributed by atoms with Crippen LogP contribution in [0.2, 0.25) is 0 Å². The van der Waals surface area contributed by atoms with E-state index >= 15 is 0 Å². The molecule has 0 saturated carbocycles. The first kappa shape index (κ1) is 14.9. The summed E-state index contributed by atoms with van der Waals surface area (Å²) < 4.78 is 1.82. The van der Waals surface area contributed by atoms with E-state index in [1.807, 2.05) is 34.2 Å². The summed E-state index contributed by atoms with van der Waals surface area (Å²) in [6.07, 6.45) is 3.72. The van der Waals surface area contributed by atoms with Crippen molar-refractivity contribution in [3.8, 4) is 16.6 Å². The first-order valence-corrected chi connectivity index (χ1v) is 9.35. The molecule has 0 aliphatic carbocycles. The van der Waals surface area contributed by atoms with Crippen LogP contribution in [0.4, 0.5) is 11.5 Å². The maximum atomic E-state index is 9.27. The summed E-state index contributed by atoms with van der Waals surface area (Å²) in [5, 5.41) is 17.8. The van der Waals surface area contributed by atoms with Crippen LogP contribution in [0.15, 0.2) is 52.9 Å². The molecule has 1 aromatic carbocycles. The van der Waals surface area contributed by atoms with E-state index in [-0.39, 0.29) is 0 Å². The third kappa shape index (κ3) is 2.46. The Hall–Kier alpha value is -2.69. The van der Waals surface area contributed by atoms with Crippen molar-refractivity contribution in [3.63, 3.8) is 0 Å². The van der Waals surface area contributed by atoms with Gasteiger partial charge in [-0.05, 0) is 35.9 Å². The Morgan fingerprint density at radius 3 is 3.00 bits per heavy atom. The quantitative estimate of drug-likeness (QED) is 0.522. The third-order valence-electron chi connectivity index (χ3n) is 3.66. The lowest BCUT2D eigenvalue weighted by atomic mass is 10.3. The number of thioether (sulfide) groups is 1. The zero-order valence-corrected chi connectivity index (χ0v) is 14.4. The van der Waals surface area contributed by atoms with Crippen LogP contribution in [-0.2, 0) is 0 Å². The molecule has 0 radical (unpaired) electrons. The van der Waals surface area contributed by atoms with Crippen LogP contribution in [0.3, 0.4) is 0 Å². The molecule has 24 heavy (non-hydrogen) atoms. The maximum Gasteiger partial charge on any atom is 0.173 e. The summed E-state index contributed by atoms with van der Waals surface area (Å²) in [4.78, 5) is 6.91. The van der Waals surface area contributed by atoms with Gasteiger partial charge in [-0.3, -0.25) is 5.10 Å². The highest BCUT2D eigenvalue weighted by Crippen LogP contribution is 2.34. The Morgan fingerprint density at radius 2 is 2.25 bits per heavy atom. The monoisotopic (exact) mass is 351 g/mol. The molecule has 0 aliphatic rings. The number of aromatic nitrogens is 3. The van der Waals surface area contributed by atoms with E-state index in [1.54, 1.807) is 29.3 Å². The Morgan fingerprint density at radius 1 is 1.33 bits per heavy atom. The van der Waals surface area contributed by atoms with Gasteiger partial charge in [0.15, 0.2) is 11.5 Å². The number of thiophene rings is 1. The smallest absolute Gasteiger partial charge is 0.173 e. The molecule has 0 atom stereocenters. The molecule has 0 amide bonds. The summed E-state index contributed by atoms with van der Waals surface area (Å²) >= 11 is 3.32. The summed E-state index contributed by atoms with van der Waals surface area (Å²) in [6.45, 7) is 0. The highest BCUT2D eigenvalue weighted by Gasteiger charge is 2.18. The SMILES string of the molecule is CSc1cccc(Nc2c(-c3cccs3)nc3c(C#N)c[nH]n23)c1. The van der Waals surface area contributed by atoms with Crippen molar-refractivity contribution in [1.29, 1.82) is 5.26 Å². The van der Waals surface area contributed by atoms with Crippen LogP contribution in [0, 0.1) is 11.3 Å². The van der Waals surface area contributed by atoms with E-state index in [2.05, 4.69) is 39.9 Å². The fourth-order valence-electron chi connectivity index (χ4n) is 2.54. The molecule has 0 spiro atoms. The maximum absolute atomic E-state index is 9.27. The summed E-state index contributed by atoms with van der Waals surface area (Å²) in [5.74, 6) is 0.826. The lowest BCUT2D eigenvalue weighted by Gasteiger charge is -2.08. The van der Waals surface area contributed by atoms with Crippen molar-refractivity contribution in [2.75, 3.05) is 11.6 Å². The van der Waals surface area contributed by atoms with E-state index in [9.17, 15) is 5.26 Å². The van der Waals surface area contributed by atoms with Gasteiger partial charge in [0.1, 0.15) is 17.3 Å². The minimum absolute atomic E-state index is 0.527. The molecule has 4 aromatic rings. The predicted octanol–water partition coefficient (Wildman–Crippen LogP) is 4.73. The number of rotatable bonds is 4. The Balaban J connectivity index is 1.87. The average molecular weight is 351 g/mol. The standard InChI is InChI=1S/C17H13N5S2/c1-23-13-5-2-4-12(8-13)20-17-15(14-6-3-7-24-14)21-16-11(9-18)10-19-22(16)17/h2-8,10,19-20H,1H3. The lowest BCUT2D eigenvalue weighted by molar-refractivity contribution is 0.980. The van der Waals surface area contributed by atoms with Gasteiger partial charge < -0.3 is 5.32 Å². The van der Waals surface area contributed by atoms with Crippen molar-refractivity contribution >= 4 is 40.3 Å². The van der Waals surface area contributed by atoms with Gasteiger partial charge in [0.05, 0.1) is 4.88 Å². The molecule has 0 aliphatic heterocycles. The number of hydrogen-bond donors (Lipinski definition) is 2. The van der Waals surface area contributed by atoms with Crippen molar-refractivity contribution in [2.24, 2.45) is 0 Å². The Labute approximate surface area is 146 Å². The van der Waals surface area contributed by atoms with Crippen LogP contribution in [0.5, 0.6) is 0 Å². The lowest BCUT2D eigenvalue weighted by Crippen LogP contribution is -1.97. The van der Waals surface area contributed by atoms with Gasteiger partial charge in [-0.1, -0.05) is 12.1 Å². The molecule has 0 bridgehead atoms. The van der Waals surface area contributed by atoms with Crippen LogP contribution in [-0.4, -0.2) is 20.9 Å². The highest BCUT2D eigenvalue weighted by atomic mass is 32.2. The average Bonchev–Trinajstić information content (AvgIpc) is 3.32. The Kier molecular flexibility index (Phi) is 3.76. The molecule has 3 aromatic heterocycles. The fraction of sp³-hybridized carbons (Fsp3) is 0.0588. The summed E-state index contributed by atoms with van der Waals surface area (Å²) in [6, 6.07) is 14.4. The zero-order chi connectivity index (χ0) is 16.5. The zero-order valence-electron chi connectivity index (χ0n) is 12.8. The number of anilines is 2. The highest BCUT2D eigenvalue weighted by molar-refractivity contribution is 7.98. The molecule has 5 nitrogen and oxygen atoms in total. The first-order chi connectivity index (χ1) is 11.8. The number of fused-ring (bicyclic) bond motifs is 1. The van der Waals surface area contributed by atoms with Crippen molar-refractivity contribution < 1.29 is 0 Å². The normalized spacial score (nSPS) is 10.8. The number of nitrogens with one attached hydrogen (secondary N) is 2. The largest absolute Gasteiger partial charge is 0.338 e. The van der Waals surface area contributed by atoms with E-state index in [0.29, 0.717) is 11.2 Å². The topological polar surface area (TPSA) is 68.9 Å². The molecular formula is C17H13N5S2. The van der Waals surface area contributed by atoms with Crippen LogP contribution in [0.25, 0.3) is 16.2 Å². The second-order valence-corrected chi connectivity index (χ2v) is 6.93. The van der Waals surface area contributed by atoms with Gasteiger partial charge in [-0.15, -0.1) is 23.1 Å². The van der Waals surface area contributed by atoms with Crippen LogP contribution in [0.1, 0.15) is 5.56 Å². The van der Waals surface area contributed by atoms with Gasteiger partial charge in [0, 0.05) is 16.8 Å².